The molecule has 3 aromatic carbocycles. The van der Waals surface area contributed by atoms with Gasteiger partial charge in [0.1, 0.15) is 17.1 Å². The highest BCUT2D eigenvalue weighted by atomic mass is 19.1. The third kappa shape index (κ3) is 3.86. The van der Waals surface area contributed by atoms with E-state index in [2.05, 4.69) is 4.99 Å². The summed E-state index contributed by atoms with van der Waals surface area (Å²) >= 11 is 0. The molecule has 5 nitrogen and oxygen atoms in total. The van der Waals surface area contributed by atoms with E-state index < -0.39 is 23.2 Å². The second-order valence-corrected chi connectivity index (χ2v) is 6.80. The van der Waals surface area contributed by atoms with Crippen LogP contribution in [0.5, 0.6) is 17.2 Å². The van der Waals surface area contributed by atoms with Crippen molar-refractivity contribution in [3.63, 3.8) is 0 Å². The maximum atomic E-state index is 13.7. The Labute approximate surface area is 175 Å². The van der Waals surface area contributed by atoms with Gasteiger partial charge in [-0.3, -0.25) is 4.99 Å². The quantitative estimate of drug-likeness (QED) is 0.571. The van der Waals surface area contributed by atoms with Crippen LogP contribution < -0.4 is 9.47 Å². The van der Waals surface area contributed by atoms with E-state index in [9.17, 15) is 14.6 Å². The fourth-order valence-corrected chi connectivity index (χ4v) is 3.45. The standard InChI is InChI=1S/C24H24FNO4/c1-16(26-15-17-9-8-12-20(25)23(17)27)24(28,18-10-4-6-13-21(18)29-2)19-11-5-7-14-22(19)30-3/h4-16,27-28H,1-3H3/t16-/m1/s1. The summed E-state index contributed by atoms with van der Waals surface area (Å²) in [5.41, 5.74) is -0.405. The number of phenolic OH excluding ortho intramolecular Hbond substituents is 1. The highest BCUT2D eigenvalue weighted by Crippen LogP contribution is 2.43. The fraction of sp³-hybridized carbons (Fsp3) is 0.208. The summed E-state index contributed by atoms with van der Waals surface area (Å²) in [6, 6.07) is 17.7. The first-order chi connectivity index (χ1) is 14.4. The van der Waals surface area contributed by atoms with Gasteiger partial charge in [0.2, 0.25) is 0 Å². The first kappa shape index (κ1) is 21.3. The maximum absolute atomic E-state index is 13.7. The molecule has 3 rings (SSSR count). The Hall–Kier alpha value is -3.38. The average molecular weight is 409 g/mol. The Morgan fingerprint density at radius 1 is 0.900 bits per heavy atom. The number of aromatic hydroxyl groups is 1. The molecule has 0 heterocycles. The molecule has 0 unspecified atom stereocenters. The van der Waals surface area contributed by atoms with Gasteiger partial charge in [-0.25, -0.2) is 4.39 Å². The molecular weight excluding hydrogens is 385 g/mol. The summed E-state index contributed by atoms with van der Waals surface area (Å²) in [7, 11) is 3.06. The van der Waals surface area contributed by atoms with Crippen molar-refractivity contribution < 1.29 is 24.1 Å². The number of aliphatic hydroxyl groups is 1. The Balaban J connectivity index is 2.16. The summed E-state index contributed by atoms with van der Waals surface area (Å²) in [6.07, 6.45) is 1.35. The van der Waals surface area contributed by atoms with Crippen LogP contribution in [0.4, 0.5) is 4.39 Å². The number of halogens is 1. The van der Waals surface area contributed by atoms with E-state index in [0.717, 1.165) is 6.07 Å². The van der Waals surface area contributed by atoms with E-state index in [1.165, 1.54) is 26.5 Å². The molecule has 6 heteroatoms. The molecule has 0 fully saturated rings. The van der Waals surface area contributed by atoms with Crippen LogP contribution in [0.15, 0.2) is 71.7 Å². The summed E-state index contributed by atoms with van der Waals surface area (Å²) in [5.74, 6) is -0.258. The largest absolute Gasteiger partial charge is 0.504 e. The predicted octanol–water partition coefficient (Wildman–Crippen LogP) is 4.29. The van der Waals surface area contributed by atoms with E-state index in [4.69, 9.17) is 9.47 Å². The number of hydrogen-bond acceptors (Lipinski definition) is 5. The summed E-state index contributed by atoms with van der Waals surface area (Å²) in [4.78, 5) is 4.46. The zero-order valence-electron chi connectivity index (χ0n) is 17.0. The average Bonchev–Trinajstić information content (AvgIpc) is 2.79. The fourth-order valence-electron chi connectivity index (χ4n) is 3.45. The number of aliphatic imine (C=N–C) groups is 1. The predicted molar refractivity (Wildman–Crippen MR) is 114 cm³/mol. The van der Waals surface area contributed by atoms with Crippen molar-refractivity contribution in [2.75, 3.05) is 14.2 Å². The van der Waals surface area contributed by atoms with Crippen LogP contribution in [-0.4, -0.2) is 36.7 Å². The number of phenols is 1. The molecule has 2 N–H and O–H groups in total. The zero-order chi connectivity index (χ0) is 21.7. The van der Waals surface area contributed by atoms with Crippen LogP contribution >= 0.6 is 0 Å². The van der Waals surface area contributed by atoms with Gasteiger partial charge in [-0.05, 0) is 31.2 Å². The molecule has 0 spiro atoms. The van der Waals surface area contributed by atoms with Gasteiger partial charge in [-0.1, -0.05) is 42.5 Å². The van der Waals surface area contributed by atoms with Gasteiger partial charge >= 0.3 is 0 Å². The minimum absolute atomic E-state index is 0.212. The minimum atomic E-state index is -1.63. The van der Waals surface area contributed by atoms with Gasteiger partial charge in [-0.15, -0.1) is 0 Å². The third-order valence-electron chi connectivity index (χ3n) is 5.10. The second kappa shape index (κ2) is 8.97. The molecule has 3 aromatic rings. The first-order valence-corrected chi connectivity index (χ1v) is 9.43. The summed E-state index contributed by atoms with van der Waals surface area (Å²) in [5, 5.41) is 22.0. The van der Waals surface area contributed by atoms with E-state index in [1.807, 2.05) is 12.1 Å². The number of ether oxygens (including phenoxy) is 2. The van der Waals surface area contributed by atoms with Crippen LogP contribution in [0, 0.1) is 5.82 Å². The number of para-hydroxylation sites is 3. The van der Waals surface area contributed by atoms with Crippen LogP contribution in [0.1, 0.15) is 23.6 Å². The van der Waals surface area contributed by atoms with Crippen molar-refractivity contribution in [3.8, 4) is 17.2 Å². The van der Waals surface area contributed by atoms with Gasteiger partial charge in [0.15, 0.2) is 11.6 Å². The van der Waals surface area contributed by atoms with Gasteiger partial charge in [0, 0.05) is 22.9 Å². The molecule has 0 bridgehead atoms. The first-order valence-electron chi connectivity index (χ1n) is 9.43. The van der Waals surface area contributed by atoms with Gasteiger partial charge < -0.3 is 19.7 Å². The molecular formula is C24H24FNO4. The minimum Gasteiger partial charge on any atom is -0.504 e. The zero-order valence-corrected chi connectivity index (χ0v) is 17.0. The SMILES string of the molecule is COc1ccccc1C(O)(c1ccccc1OC)[C@@H](C)N=Cc1cccc(F)c1O. The third-order valence-corrected chi connectivity index (χ3v) is 5.10. The molecule has 1 atom stereocenters. The number of rotatable bonds is 7. The van der Waals surface area contributed by atoms with Gasteiger partial charge in [0.05, 0.1) is 20.3 Å². The highest BCUT2D eigenvalue weighted by Gasteiger charge is 2.42. The second-order valence-electron chi connectivity index (χ2n) is 6.80. The lowest BCUT2D eigenvalue weighted by Gasteiger charge is -2.35. The molecule has 156 valence electrons. The molecule has 0 radical (unpaired) electrons. The lowest BCUT2D eigenvalue weighted by atomic mass is 9.80. The Bertz CT molecular complexity index is 1000. The molecule has 0 aromatic heterocycles. The number of benzene rings is 3. The molecule has 0 saturated carbocycles. The van der Waals surface area contributed by atoms with Crippen LogP contribution in [-0.2, 0) is 5.60 Å². The topological polar surface area (TPSA) is 71.3 Å². The van der Waals surface area contributed by atoms with Gasteiger partial charge in [0.25, 0.3) is 0 Å². The van der Waals surface area contributed by atoms with Crippen LogP contribution in [0.2, 0.25) is 0 Å². The van der Waals surface area contributed by atoms with Crippen LogP contribution in [0.3, 0.4) is 0 Å². The number of hydrogen-bond donors (Lipinski definition) is 2. The lowest BCUT2D eigenvalue weighted by molar-refractivity contribution is 0.0538. The maximum Gasteiger partial charge on any atom is 0.165 e. The highest BCUT2D eigenvalue weighted by molar-refractivity contribution is 5.83. The molecule has 0 amide bonds. The van der Waals surface area contributed by atoms with Crippen molar-refractivity contribution in [3.05, 3.63) is 89.2 Å². The van der Waals surface area contributed by atoms with Gasteiger partial charge in [-0.2, -0.15) is 0 Å². The normalized spacial score (nSPS) is 12.7. The van der Waals surface area contributed by atoms with Crippen molar-refractivity contribution in [1.82, 2.24) is 0 Å². The van der Waals surface area contributed by atoms with Crippen molar-refractivity contribution in [2.24, 2.45) is 4.99 Å². The number of methoxy groups -OCH3 is 2. The van der Waals surface area contributed by atoms with Crippen molar-refractivity contribution in [1.29, 1.82) is 0 Å². The van der Waals surface area contributed by atoms with E-state index >= 15 is 0 Å². The van der Waals surface area contributed by atoms with Crippen molar-refractivity contribution >= 4 is 6.21 Å². The molecule has 0 aliphatic rings. The van der Waals surface area contributed by atoms with E-state index in [0.29, 0.717) is 22.6 Å². The summed E-state index contributed by atoms with van der Waals surface area (Å²) < 4.78 is 24.7. The molecule has 0 aliphatic carbocycles. The molecule has 30 heavy (non-hydrogen) atoms. The smallest absolute Gasteiger partial charge is 0.165 e. The Morgan fingerprint density at radius 3 is 1.97 bits per heavy atom. The number of nitrogens with zero attached hydrogens (tertiary/aromatic N) is 1. The van der Waals surface area contributed by atoms with E-state index in [-0.39, 0.29) is 5.56 Å². The monoisotopic (exact) mass is 409 g/mol. The van der Waals surface area contributed by atoms with Crippen LogP contribution in [0.25, 0.3) is 0 Å². The van der Waals surface area contributed by atoms with Crippen molar-refractivity contribution in [2.45, 2.75) is 18.6 Å². The summed E-state index contributed by atoms with van der Waals surface area (Å²) in [6.45, 7) is 1.73. The Morgan fingerprint density at radius 2 is 1.43 bits per heavy atom. The molecule has 0 aliphatic heterocycles. The molecule has 0 saturated heterocycles. The Kier molecular flexibility index (Phi) is 6.37. The lowest BCUT2D eigenvalue weighted by Crippen LogP contribution is -2.38. The van der Waals surface area contributed by atoms with E-state index in [1.54, 1.807) is 49.4 Å².